The molecule has 1 aliphatic carbocycles. The standard InChI is InChI=1S/C19H24F2N4OS/c1-4-24(14(2)7-9-27-13-15-10-19(15,20)21)17-12-25(23-18(17)26-3)16-6-5-8-22-11-16/h5-6,8,11-12,15H,2,4,7,9-10,13H2,1,3H3. The number of hydrogen-bond donors (Lipinski definition) is 0. The summed E-state index contributed by atoms with van der Waals surface area (Å²) < 4.78 is 33.1. The predicted molar refractivity (Wildman–Crippen MR) is 105 cm³/mol. The number of hydrogen-bond acceptors (Lipinski definition) is 5. The van der Waals surface area contributed by atoms with E-state index in [4.69, 9.17) is 4.74 Å². The van der Waals surface area contributed by atoms with E-state index < -0.39 is 11.8 Å². The Kier molecular flexibility index (Phi) is 6.04. The van der Waals surface area contributed by atoms with Gasteiger partial charge in [0.1, 0.15) is 5.69 Å². The molecule has 27 heavy (non-hydrogen) atoms. The van der Waals surface area contributed by atoms with Crippen LogP contribution in [0.4, 0.5) is 14.5 Å². The Labute approximate surface area is 162 Å². The van der Waals surface area contributed by atoms with Gasteiger partial charge in [-0.05, 0) is 31.2 Å². The van der Waals surface area contributed by atoms with E-state index in [9.17, 15) is 8.78 Å². The first-order valence-corrected chi connectivity index (χ1v) is 10.1. The minimum Gasteiger partial charge on any atom is -0.478 e. The van der Waals surface area contributed by atoms with Crippen LogP contribution in [0.1, 0.15) is 19.8 Å². The fourth-order valence-electron chi connectivity index (χ4n) is 2.87. The number of ether oxygens (including phenoxy) is 1. The molecule has 0 saturated heterocycles. The second-order valence-electron chi connectivity index (χ2n) is 6.48. The fraction of sp³-hybridized carbons (Fsp3) is 0.474. The number of anilines is 1. The third-order valence-corrected chi connectivity index (χ3v) is 5.70. The Bertz CT molecular complexity index is 781. The molecular weight excluding hydrogens is 370 g/mol. The largest absolute Gasteiger partial charge is 0.478 e. The molecule has 0 spiro atoms. The number of thioether (sulfide) groups is 1. The van der Waals surface area contributed by atoms with Crippen LogP contribution in [0.15, 0.2) is 43.0 Å². The fourth-order valence-corrected chi connectivity index (χ4v) is 4.06. The summed E-state index contributed by atoms with van der Waals surface area (Å²) in [6.45, 7) is 6.92. The number of nitrogens with zero attached hydrogens (tertiary/aromatic N) is 4. The molecular formula is C19H24F2N4OS. The normalized spacial score (nSPS) is 17.6. The lowest BCUT2D eigenvalue weighted by Crippen LogP contribution is -2.22. The van der Waals surface area contributed by atoms with Crippen LogP contribution >= 0.6 is 11.8 Å². The van der Waals surface area contributed by atoms with Crippen LogP contribution in [0.25, 0.3) is 5.69 Å². The van der Waals surface area contributed by atoms with Crippen LogP contribution in [-0.2, 0) is 0 Å². The van der Waals surface area contributed by atoms with Gasteiger partial charge in [-0.3, -0.25) is 4.98 Å². The molecule has 3 rings (SSSR count). The summed E-state index contributed by atoms with van der Waals surface area (Å²) >= 11 is 1.56. The first-order valence-electron chi connectivity index (χ1n) is 8.91. The van der Waals surface area contributed by atoms with Gasteiger partial charge >= 0.3 is 0 Å². The Morgan fingerprint density at radius 3 is 2.89 bits per heavy atom. The van der Waals surface area contributed by atoms with E-state index in [1.807, 2.05) is 30.2 Å². The van der Waals surface area contributed by atoms with Gasteiger partial charge in [0.25, 0.3) is 11.8 Å². The van der Waals surface area contributed by atoms with E-state index in [0.29, 0.717) is 18.2 Å². The molecule has 1 fully saturated rings. The van der Waals surface area contributed by atoms with E-state index in [1.54, 1.807) is 35.9 Å². The molecule has 8 heteroatoms. The Balaban J connectivity index is 1.63. The number of methoxy groups -OCH3 is 1. The van der Waals surface area contributed by atoms with Gasteiger partial charge < -0.3 is 9.64 Å². The molecule has 1 atom stereocenters. The molecule has 0 aliphatic heterocycles. The van der Waals surface area contributed by atoms with Gasteiger partial charge in [0.05, 0.1) is 25.2 Å². The molecule has 1 unspecified atom stereocenters. The summed E-state index contributed by atoms with van der Waals surface area (Å²) in [5.74, 6) is -1.11. The summed E-state index contributed by atoms with van der Waals surface area (Å²) in [5, 5.41) is 4.48. The Morgan fingerprint density at radius 2 is 2.30 bits per heavy atom. The van der Waals surface area contributed by atoms with Gasteiger partial charge in [-0.2, -0.15) is 11.8 Å². The van der Waals surface area contributed by atoms with Crippen molar-refractivity contribution in [3.05, 3.63) is 43.0 Å². The van der Waals surface area contributed by atoms with E-state index >= 15 is 0 Å². The smallest absolute Gasteiger partial charge is 0.257 e. The molecule has 146 valence electrons. The monoisotopic (exact) mass is 394 g/mol. The predicted octanol–water partition coefficient (Wildman–Crippen LogP) is 4.39. The second kappa shape index (κ2) is 8.29. The number of rotatable bonds is 10. The van der Waals surface area contributed by atoms with Crippen LogP contribution in [0.3, 0.4) is 0 Å². The summed E-state index contributed by atoms with van der Waals surface area (Å²) in [5.41, 5.74) is 2.58. The molecule has 0 radical (unpaired) electrons. The third kappa shape index (κ3) is 4.61. The maximum Gasteiger partial charge on any atom is 0.257 e. The lowest BCUT2D eigenvalue weighted by Gasteiger charge is -2.24. The summed E-state index contributed by atoms with van der Waals surface area (Å²) in [7, 11) is 1.59. The van der Waals surface area contributed by atoms with Crippen molar-refractivity contribution in [2.45, 2.75) is 25.7 Å². The van der Waals surface area contributed by atoms with Crippen LogP contribution in [0, 0.1) is 5.92 Å². The zero-order valence-electron chi connectivity index (χ0n) is 15.6. The van der Waals surface area contributed by atoms with Crippen molar-refractivity contribution < 1.29 is 13.5 Å². The van der Waals surface area contributed by atoms with Gasteiger partial charge in [-0.15, -0.1) is 5.10 Å². The van der Waals surface area contributed by atoms with Gasteiger partial charge in [0, 0.05) is 36.5 Å². The molecule has 0 aromatic carbocycles. The average Bonchev–Trinajstić information content (AvgIpc) is 3.08. The number of allylic oxidation sites excluding steroid dienone is 1. The quantitative estimate of drug-likeness (QED) is 0.559. The van der Waals surface area contributed by atoms with Crippen molar-refractivity contribution >= 4 is 17.4 Å². The summed E-state index contributed by atoms with van der Waals surface area (Å²) in [6.07, 6.45) is 6.08. The number of alkyl halides is 2. The summed E-state index contributed by atoms with van der Waals surface area (Å²) in [6, 6.07) is 3.76. The minimum atomic E-state index is -2.44. The van der Waals surface area contributed by atoms with Gasteiger partial charge in [-0.1, -0.05) is 6.58 Å². The van der Waals surface area contributed by atoms with Crippen LogP contribution in [-0.4, -0.2) is 45.8 Å². The van der Waals surface area contributed by atoms with Crippen molar-refractivity contribution in [2.75, 3.05) is 30.1 Å². The van der Waals surface area contributed by atoms with Gasteiger partial charge in [-0.25, -0.2) is 13.5 Å². The molecule has 2 heterocycles. The van der Waals surface area contributed by atoms with E-state index in [1.165, 1.54) is 0 Å². The Morgan fingerprint density at radius 1 is 1.52 bits per heavy atom. The molecule has 5 nitrogen and oxygen atoms in total. The molecule has 0 N–H and O–H groups in total. The molecule has 2 aromatic rings. The molecule has 2 aromatic heterocycles. The minimum absolute atomic E-state index is 0.0345. The first kappa shape index (κ1) is 19.7. The van der Waals surface area contributed by atoms with Crippen LogP contribution in [0.5, 0.6) is 5.88 Å². The van der Waals surface area contributed by atoms with Crippen molar-refractivity contribution in [3.8, 4) is 11.6 Å². The number of halogens is 2. The topological polar surface area (TPSA) is 43.2 Å². The highest BCUT2D eigenvalue weighted by Crippen LogP contribution is 2.50. The number of pyridine rings is 1. The van der Waals surface area contributed by atoms with Crippen molar-refractivity contribution in [1.29, 1.82) is 0 Å². The van der Waals surface area contributed by atoms with E-state index in [-0.39, 0.29) is 6.42 Å². The van der Waals surface area contributed by atoms with Crippen LogP contribution in [0.2, 0.25) is 0 Å². The molecule has 0 amide bonds. The highest BCUT2D eigenvalue weighted by molar-refractivity contribution is 7.99. The molecule has 0 bridgehead atoms. The highest BCUT2D eigenvalue weighted by atomic mass is 32.2. The first-order chi connectivity index (χ1) is 13.0. The molecule has 1 saturated carbocycles. The third-order valence-electron chi connectivity index (χ3n) is 4.56. The van der Waals surface area contributed by atoms with E-state index in [0.717, 1.165) is 29.2 Å². The van der Waals surface area contributed by atoms with Crippen molar-refractivity contribution in [2.24, 2.45) is 5.92 Å². The van der Waals surface area contributed by atoms with Crippen LogP contribution < -0.4 is 9.64 Å². The maximum atomic E-state index is 12.9. The lowest BCUT2D eigenvalue weighted by atomic mass is 10.3. The second-order valence-corrected chi connectivity index (χ2v) is 7.63. The number of aromatic nitrogens is 3. The Hall–Kier alpha value is -2.09. The average molecular weight is 394 g/mol. The SMILES string of the molecule is C=C(CCSCC1CC1(F)F)N(CC)c1cn(-c2cccnc2)nc1OC. The zero-order chi connectivity index (χ0) is 19.4. The van der Waals surface area contributed by atoms with E-state index in [2.05, 4.69) is 16.7 Å². The highest BCUT2D eigenvalue weighted by Gasteiger charge is 2.56. The zero-order valence-corrected chi connectivity index (χ0v) is 16.4. The van der Waals surface area contributed by atoms with Crippen molar-refractivity contribution in [3.63, 3.8) is 0 Å². The summed E-state index contributed by atoms with van der Waals surface area (Å²) in [4.78, 5) is 6.16. The van der Waals surface area contributed by atoms with Gasteiger partial charge in [0.15, 0.2) is 0 Å². The van der Waals surface area contributed by atoms with Crippen molar-refractivity contribution in [1.82, 2.24) is 14.8 Å². The lowest BCUT2D eigenvalue weighted by molar-refractivity contribution is 0.103. The maximum absolute atomic E-state index is 12.9. The molecule has 1 aliphatic rings. The van der Waals surface area contributed by atoms with Gasteiger partial charge in [0.2, 0.25) is 0 Å².